The lowest BCUT2D eigenvalue weighted by molar-refractivity contribution is 0.193. The fourth-order valence-corrected chi connectivity index (χ4v) is 6.85. The predicted molar refractivity (Wildman–Crippen MR) is 132 cm³/mol. The van der Waals surface area contributed by atoms with Crippen LogP contribution in [0, 0.1) is 24.7 Å². The van der Waals surface area contributed by atoms with Crippen LogP contribution < -0.4 is 4.90 Å². The Morgan fingerprint density at radius 3 is 2.56 bits per heavy atom. The molecule has 1 N–H and O–H groups in total. The largest absolute Gasteiger partial charge is 0.394 e. The molecule has 6 nitrogen and oxygen atoms in total. The quantitative estimate of drug-likeness (QED) is 0.591. The molecule has 0 radical (unpaired) electrons. The van der Waals surface area contributed by atoms with Crippen LogP contribution in [0.1, 0.15) is 34.7 Å². The second-order valence-electron chi connectivity index (χ2n) is 8.95. The Kier molecular flexibility index (Phi) is 5.90. The van der Waals surface area contributed by atoms with E-state index in [1.165, 1.54) is 0 Å². The van der Waals surface area contributed by atoms with Crippen LogP contribution in [0.25, 0.3) is 0 Å². The van der Waals surface area contributed by atoms with Gasteiger partial charge in [0, 0.05) is 48.7 Å². The first kappa shape index (κ1) is 22.6. The van der Waals surface area contributed by atoms with E-state index in [-0.39, 0.29) is 24.6 Å². The number of sulfonamides is 1. The van der Waals surface area contributed by atoms with Gasteiger partial charge in [-0.3, -0.25) is 4.98 Å². The van der Waals surface area contributed by atoms with Crippen LogP contribution in [0.3, 0.4) is 0 Å². The van der Waals surface area contributed by atoms with Gasteiger partial charge in [-0.2, -0.15) is 4.31 Å². The third kappa shape index (κ3) is 3.88. The minimum absolute atomic E-state index is 0.00995. The molecule has 2 aliphatic heterocycles. The van der Waals surface area contributed by atoms with E-state index in [4.69, 9.17) is 0 Å². The Balaban J connectivity index is 1.59. The molecule has 1 fully saturated rings. The number of anilines is 1. The highest BCUT2D eigenvalue weighted by atomic mass is 32.2. The van der Waals surface area contributed by atoms with Crippen LogP contribution in [-0.4, -0.2) is 49.1 Å². The predicted octanol–water partition coefficient (Wildman–Crippen LogP) is 3.35. The molecule has 0 bridgehead atoms. The highest BCUT2D eigenvalue weighted by molar-refractivity contribution is 7.89. The summed E-state index contributed by atoms with van der Waals surface area (Å²) in [5.41, 5.74) is 4.51. The van der Waals surface area contributed by atoms with E-state index < -0.39 is 10.0 Å². The summed E-state index contributed by atoms with van der Waals surface area (Å²) in [6.45, 7) is 2.33. The summed E-state index contributed by atoms with van der Waals surface area (Å²) in [5.74, 6) is 6.32. The number of aliphatic hydroxyl groups excluding tert-OH is 1. The van der Waals surface area contributed by atoms with Crippen molar-refractivity contribution in [3.8, 4) is 11.8 Å². The molecule has 0 amide bonds. The average molecular weight is 474 g/mol. The standard InChI is InChI=1S/C27H27N3O3S/c1-19-5-10-22(11-6-19)34(32,33)30-15-13-23-26(18-31)29(2)25-12-9-20(16-24(25)27(23)30)7-8-21-4-3-14-28-17-21/h3-6,9-12,14,16-17,23,26-27,31H,13,15,18H2,1-2H3/t23-,26+,27-/m1/s1. The zero-order valence-corrected chi connectivity index (χ0v) is 20.0. The first-order chi connectivity index (χ1) is 16.4. The molecule has 2 aliphatic rings. The fraction of sp³-hybridized carbons (Fsp3) is 0.296. The van der Waals surface area contributed by atoms with Gasteiger partial charge in [0.2, 0.25) is 10.0 Å². The van der Waals surface area contributed by atoms with E-state index >= 15 is 0 Å². The second kappa shape index (κ2) is 8.88. The van der Waals surface area contributed by atoms with Crippen molar-refractivity contribution in [1.82, 2.24) is 9.29 Å². The van der Waals surface area contributed by atoms with Crippen molar-refractivity contribution >= 4 is 15.7 Å². The number of benzene rings is 2. The Labute approximate surface area is 200 Å². The summed E-state index contributed by atoms with van der Waals surface area (Å²) in [5, 5.41) is 10.2. The smallest absolute Gasteiger partial charge is 0.243 e. The van der Waals surface area contributed by atoms with Crippen molar-refractivity contribution in [2.75, 3.05) is 25.1 Å². The first-order valence-electron chi connectivity index (χ1n) is 11.4. The normalized spacial score (nSPS) is 22.0. The molecule has 5 rings (SSSR count). The molecule has 0 spiro atoms. The number of aromatic nitrogens is 1. The Morgan fingerprint density at radius 1 is 1.09 bits per heavy atom. The Morgan fingerprint density at radius 2 is 1.85 bits per heavy atom. The van der Waals surface area contributed by atoms with Gasteiger partial charge in [-0.25, -0.2) is 8.42 Å². The lowest BCUT2D eigenvalue weighted by Gasteiger charge is -2.44. The highest BCUT2D eigenvalue weighted by Gasteiger charge is 2.50. The maximum absolute atomic E-state index is 13.7. The van der Waals surface area contributed by atoms with Crippen LogP contribution >= 0.6 is 0 Å². The monoisotopic (exact) mass is 473 g/mol. The molecule has 0 aliphatic carbocycles. The van der Waals surface area contributed by atoms with Gasteiger partial charge >= 0.3 is 0 Å². The van der Waals surface area contributed by atoms with E-state index in [1.807, 2.05) is 56.4 Å². The average Bonchev–Trinajstić information content (AvgIpc) is 3.30. The number of rotatable bonds is 3. The van der Waals surface area contributed by atoms with Gasteiger partial charge in [0.25, 0.3) is 0 Å². The first-order valence-corrected chi connectivity index (χ1v) is 12.8. The molecule has 1 saturated heterocycles. The molecule has 3 heterocycles. The molecule has 7 heteroatoms. The molecule has 1 aromatic heterocycles. The number of pyridine rings is 1. The number of aryl methyl sites for hydroxylation is 1. The van der Waals surface area contributed by atoms with E-state index in [1.54, 1.807) is 28.8 Å². The summed E-state index contributed by atoms with van der Waals surface area (Å²) < 4.78 is 29.0. The molecule has 3 aromatic rings. The third-order valence-corrected chi connectivity index (χ3v) is 8.84. The van der Waals surface area contributed by atoms with Gasteiger partial charge in [0.1, 0.15) is 0 Å². The molecule has 0 saturated carbocycles. The lowest BCUT2D eigenvalue weighted by atomic mass is 9.82. The summed E-state index contributed by atoms with van der Waals surface area (Å²) in [4.78, 5) is 6.48. The van der Waals surface area contributed by atoms with E-state index in [9.17, 15) is 13.5 Å². The lowest BCUT2D eigenvalue weighted by Crippen LogP contribution is -2.48. The molecular formula is C27H27N3O3S. The number of likely N-dealkylation sites (N-methyl/N-ethyl adjacent to an activating group) is 1. The SMILES string of the molecule is Cc1ccc(S(=O)(=O)N2CC[C@@H]3[C@H](CO)N(C)c4ccc(C#Cc5cccnc5)cc4[C@@H]32)cc1. The number of aliphatic hydroxyl groups is 1. The number of fused-ring (bicyclic) bond motifs is 3. The highest BCUT2D eigenvalue weighted by Crippen LogP contribution is 2.50. The zero-order chi connectivity index (χ0) is 23.9. The second-order valence-corrected chi connectivity index (χ2v) is 10.8. The van der Waals surface area contributed by atoms with Gasteiger partial charge in [0.15, 0.2) is 0 Å². The van der Waals surface area contributed by atoms with Gasteiger partial charge < -0.3 is 10.0 Å². The summed E-state index contributed by atoms with van der Waals surface area (Å²) >= 11 is 0. The molecular weight excluding hydrogens is 446 g/mol. The molecule has 2 aromatic carbocycles. The van der Waals surface area contributed by atoms with Crippen molar-refractivity contribution in [2.24, 2.45) is 5.92 Å². The van der Waals surface area contributed by atoms with Crippen molar-refractivity contribution in [3.05, 3.63) is 89.2 Å². The summed E-state index contributed by atoms with van der Waals surface area (Å²) in [6.07, 6.45) is 4.12. The minimum Gasteiger partial charge on any atom is -0.394 e. The van der Waals surface area contributed by atoms with Crippen molar-refractivity contribution < 1.29 is 13.5 Å². The van der Waals surface area contributed by atoms with E-state index in [0.29, 0.717) is 17.9 Å². The van der Waals surface area contributed by atoms with Crippen LogP contribution in [0.2, 0.25) is 0 Å². The van der Waals surface area contributed by atoms with E-state index in [0.717, 1.165) is 27.9 Å². The topological polar surface area (TPSA) is 73.7 Å². The molecule has 174 valence electrons. The third-order valence-electron chi connectivity index (χ3n) is 6.94. The number of nitrogens with zero attached hydrogens (tertiary/aromatic N) is 3. The van der Waals surface area contributed by atoms with Gasteiger partial charge in [-0.05, 0) is 61.4 Å². The maximum Gasteiger partial charge on any atom is 0.243 e. The van der Waals surface area contributed by atoms with Crippen molar-refractivity contribution in [2.45, 2.75) is 30.3 Å². The minimum atomic E-state index is -3.70. The Hall–Kier alpha value is -3.18. The van der Waals surface area contributed by atoms with Crippen LogP contribution in [-0.2, 0) is 10.0 Å². The Bertz CT molecular complexity index is 1360. The molecule has 0 unspecified atom stereocenters. The molecule has 34 heavy (non-hydrogen) atoms. The van der Waals surface area contributed by atoms with Crippen LogP contribution in [0.5, 0.6) is 0 Å². The number of hydrogen-bond donors (Lipinski definition) is 1. The van der Waals surface area contributed by atoms with Crippen LogP contribution in [0.15, 0.2) is 71.9 Å². The maximum atomic E-state index is 13.7. The summed E-state index contributed by atoms with van der Waals surface area (Å²) in [7, 11) is -1.73. The van der Waals surface area contributed by atoms with Crippen molar-refractivity contribution in [1.29, 1.82) is 0 Å². The van der Waals surface area contributed by atoms with Gasteiger partial charge in [0.05, 0.1) is 23.6 Å². The van der Waals surface area contributed by atoms with Gasteiger partial charge in [-0.1, -0.05) is 29.5 Å². The summed E-state index contributed by atoms with van der Waals surface area (Å²) in [6, 6.07) is 16.2. The number of hydrogen-bond acceptors (Lipinski definition) is 5. The molecule has 3 atom stereocenters. The zero-order valence-electron chi connectivity index (χ0n) is 19.2. The van der Waals surface area contributed by atoms with Crippen LogP contribution in [0.4, 0.5) is 5.69 Å². The van der Waals surface area contributed by atoms with Gasteiger partial charge in [-0.15, -0.1) is 0 Å². The fourth-order valence-electron chi connectivity index (χ4n) is 5.19. The van der Waals surface area contributed by atoms with Crippen molar-refractivity contribution in [3.63, 3.8) is 0 Å². The van der Waals surface area contributed by atoms with E-state index in [2.05, 4.69) is 21.7 Å².